The van der Waals surface area contributed by atoms with Crippen molar-refractivity contribution in [1.82, 2.24) is 9.80 Å². The molecule has 74 valence electrons. The number of hydrogen-bond acceptors (Lipinski definition) is 3. The molecule has 0 spiro atoms. The van der Waals surface area contributed by atoms with E-state index in [-0.39, 0.29) is 0 Å². The predicted molar refractivity (Wildman–Crippen MR) is 54.3 cm³/mol. The summed E-state index contributed by atoms with van der Waals surface area (Å²) in [5.74, 6) is 0. The maximum Gasteiger partial charge on any atom is 0.0195 e. The van der Waals surface area contributed by atoms with Gasteiger partial charge in [-0.3, -0.25) is 4.90 Å². The number of likely N-dealkylation sites (N-methyl/N-ethyl adjacent to an activating group) is 2. The SMILES string of the molecule is CCN(CCN)C(C)CN(C)C. The van der Waals surface area contributed by atoms with Crippen molar-refractivity contribution in [1.29, 1.82) is 0 Å². The van der Waals surface area contributed by atoms with Gasteiger partial charge in [0.25, 0.3) is 0 Å². The topological polar surface area (TPSA) is 32.5 Å². The number of rotatable bonds is 6. The van der Waals surface area contributed by atoms with Crippen LogP contribution in [0.2, 0.25) is 0 Å². The molecule has 0 radical (unpaired) electrons. The van der Waals surface area contributed by atoms with E-state index in [0.29, 0.717) is 6.04 Å². The van der Waals surface area contributed by atoms with Crippen LogP contribution in [0.3, 0.4) is 0 Å². The highest BCUT2D eigenvalue weighted by Crippen LogP contribution is 1.98. The van der Waals surface area contributed by atoms with Crippen LogP contribution in [0, 0.1) is 0 Å². The molecular formula is C9H23N3. The molecule has 0 aromatic rings. The Morgan fingerprint density at radius 1 is 1.33 bits per heavy atom. The summed E-state index contributed by atoms with van der Waals surface area (Å²) in [4.78, 5) is 4.61. The molecule has 0 amide bonds. The first-order valence-electron chi connectivity index (χ1n) is 4.70. The maximum absolute atomic E-state index is 5.52. The fraction of sp³-hybridized carbons (Fsp3) is 1.00. The van der Waals surface area contributed by atoms with E-state index >= 15 is 0 Å². The Balaban J connectivity index is 3.76. The van der Waals surface area contributed by atoms with Gasteiger partial charge < -0.3 is 10.6 Å². The van der Waals surface area contributed by atoms with Crippen molar-refractivity contribution in [3.8, 4) is 0 Å². The van der Waals surface area contributed by atoms with E-state index in [1.807, 2.05) is 0 Å². The zero-order valence-electron chi connectivity index (χ0n) is 8.88. The molecule has 0 aromatic heterocycles. The third-order valence-electron chi connectivity index (χ3n) is 2.08. The second-order valence-corrected chi connectivity index (χ2v) is 3.53. The number of hydrogen-bond donors (Lipinski definition) is 1. The zero-order valence-corrected chi connectivity index (χ0v) is 8.88. The standard InChI is InChI=1S/C9H23N3/c1-5-12(7-6-10)9(2)8-11(3)4/h9H,5-8,10H2,1-4H3. The van der Waals surface area contributed by atoms with Crippen molar-refractivity contribution >= 4 is 0 Å². The highest BCUT2D eigenvalue weighted by Gasteiger charge is 2.10. The summed E-state index contributed by atoms with van der Waals surface area (Å²) in [5.41, 5.74) is 5.52. The Kier molecular flexibility index (Phi) is 6.34. The minimum Gasteiger partial charge on any atom is -0.329 e. The predicted octanol–water partition coefficient (Wildman–Crippen LogP) is 0.217. The summed E-state index contributed by atoms with van der Waals surface area (Å²) in [6, 6.07) is 0.605. The molecule has 0 aliphatic carbocycles. The quantitative estimate of drug-likeness (QED) is 0.623. The van der Waals surface area contributed by atoms with Gasteiger partial charge in [-0.15, -0.1) is 0 Å². The van der Waals surface area contributed by atoms with Gasteiger partial charge in [-0.05, 0) is 27.6 Å². The second kappa shape index (κ2) is 6.40. The summed E-state index contributed by atoms with van der Waals surface area (Å²) in [5, 5.41) is 0. The van der Waals surface area contributed by atoms with Gasteiger partial charge in [0, 0.05) is 25.7 Å². The minimum atomic E-state index is 0.605. The van der Waals surface area contributed by atoms with Crippen LogP contribution in [0.4, 0.5) is 0 Å². The molecule has 1 unspecified atom stereocenters. The zero-order chi connectivity index (χ0) is 9.56. The molecule has 12 heavy (non-hydrogen) atoms. The first-order valence-corrected chi connectivity index (χ1v) is 4.70. The van der Waals surface area contributed by atoms with Crippen LogP contribution in [0.15, 0.2) is 0 Å². The van der Waals surface area contributed by atoms with Gasteiger partial charge in [0.1, 0.15) is 0 Å². The van der Waals surface area contributed by atoms with E-state index in [4.69, 9.17) is 5.73 Å². The highest BCUT2D eigenvalue weighted by molar-refractivity contribution is 4.68. The van der Waals surface area contributed by atoms with Crippen molar-refractivity contribution in [2.45, 2.75) is 19.9 Å². The average Bonchev–Trinajstić information content (AvgIpc) is 1.98. The van der Waals surface area contributed by atoms with Gasteiger partial charge in [-0.2, -0.15) is 0 Å². The molecule has 3 nitrogen and oxygen atoms in total. The lowest BCUT2D eigenvalue weighted by molar-refractivity contribution is 0.186. The van der Waals surface area contributed by atoms with Crippen LogP contribution in [0.25, 0.3) is 0 Å². The van der Waals surface area contributed by atoms with E-state index < -0.39 is 0 Å². The van der Waals surface area contributed by atoms with Crippen LogP contribution < -0.4 is 5.73 Å². The van der Waals surface area contributed by atoms with E-state index in [9.17, 15) is 0 Å². The molecule has 0 bridgehead atoms. The molecule has 0 heterocycles. The molecule has 2 N–H and O–H groups in total. The Morgan fingerprint density at radius 2 is 1.92 bits per heavy atom. The molecule has 0 aromatic carbocycles. The molecule has 3 heteroatoms. The third-order valence-corrected chi connectivity index (χ3v) is 2.08. The minimum absolute atomic E-state index is 0.605. The normalized spacial score (nSPS) is 14.2. The molecule has 1 atom stereocenters. The molecule has 0 aliphatic heterocycles. The van der Waals surface area contributed by atoms with Gasteiger partial charge in [0.05, 0.1) is 0 Å². The Morgan fingerprint density at radius 3 is 2.25 bits per heavy atom. The van der Waals surface area contributed by atoms with Crippen molar-refractivity contribution in [3.63, 3.8) is 0 Å². The largest absolute Gasteiger partial charge is 0.329 e. The Hall–Kier alpha value is -0.120. The molecule has 0 saturated heterocycles. The number of nitrogens with two attached hydrogens (primary N) is 1. The van der Waals surface area contributed by atoms with E-state index in [2.05, 4.69) is 37.7 Å². The Labute approximate surface area is 76.5 Å². The number of nitrogens with zero attached hydrogens (tertiary/aromatic N) is 2. The molecule has 0 rings (SSSR count). The van der Waals surface area contributed by atoms with Crippen LogP contribution in [-0.2, 0) is 0 Å². The highest BCUT2D eigenvalue weighted by atomic mass is 15.2. The molecule has 0 aliphatic rings. The van der Waals surface area contributed by atoms with E-state index in [0.717, 1.165) is 26.2 Å². The lowest BCUT2D eigenvalue weighted by Crippen LogP contribution is -2.42. The fourth-order valence-electron chi connectivity index (χ4n) is 1.50. The first kappa shape index (κ1) is 11.9. The van der Waals surface area contributed by atoms with Gasteiger partial charge >= 0.3 is 0 Å². The van der Waals surface area contributed by atoms with Crippen molar-refractivity contribution in [2.24, 2.45) is 5.73 Å². The molecule has 0 fully saturated rings. The van der Waals surface area contributed by atoms with Gasteiger partial charge in [0.15, 0.2) is 0 Å². The summed E-state index contributed by atoms with van der Waals surface area (Å²) in [6.45, 7) is 8.39. The van der Waals surface area contributed by atoms with Crippen molar-refractivity contribution < 1.29 is 0 Å². The Bertz CT molecular complexity index is 104. The summed E-state index contributed by atoms with van der Waals surface area (Å²) in [6.07, 6.45) is 0. The van der Waals surface area contributed by atoms with Gasteiger partial charge in [-0.25, -0.2) is 0 Å². The van der Waals surface area contributed by atoms with E-state index in [1.165, 1.54) is 0 Å². The average molecular weight is 173 g/mol. The first-order chi connectivity index (χ1) is 5.61. The lowest BCUT2D eigenvalue weighted by Gasteiger charge is -2.29. The van der Waals surface area contributed by atoms with Crippen LogP contribution in [-0.4, -0.2) is 56.1 Å². The van der Waals surface area contributed by atoms with Crippen molar-refractivity contribution in [2.75, 3.05) is 40.3 Å². The third kappa shape index (κ3) is 4.70. The fourth-order valence-corrected chi connectivity index (χ4v) is 1.50. The smallest absolute Gasteiger partial charge is 0.0195 e. The van der Waals surface area contributed by atoms with Crippen LogP contribution in [0.5, 0.6) is 0 Å². The van der Waals surface area contributed by atoms with Crippen LogP contribution >= 0.6 is 0 Å². The van der Waals surface area contributed by atoms with Crippen LogP contribution in [0.1, 0.15) is 13.8 Å². The van der Waals surface area contributed by atoms with Gasteiger partial charge in [-0.1, -0.05) is 6.92 Å². The summed E-state index contributed by atoms with van der Waals surface area (Å²) >= 11 is 0. The maximum atomic E-state index is 5.52. The van der Waals surface area contributed by atoms with Gasteiger partial charge in [0.2, 0.25) is 0 Å². The lowest BCUT2D eigenvalue weighted by atomic mass is 10.2. The summed E-state index contributed by atoms with van der Waals surface area (Å²) in [7, 11) is 4.21. The van der Waals surface area contributed by atoms with Crippen molar-refractivity contribution in [3.05, 3.63) is 0 Å². The molecule has 0 saturated carbocycles. The monoisotopic (exact) mass is 173 g/mol. The van der Waals surface area contributed by atoms with E-state index in [1.54, 1.807) is 0 Å². The summed E-state index contributed by atoms with van der Waals surface area (Å²) < 4.78 is 0. The second-order valence-electron chi connectivity index (χ2n) is 3.53. The molecular weight excluding hydrogens is 150 g/mol.